The van der Waals surface area contributed by atoms with Crippen LogP contribution in [0.5, 0.6) is 5.75 Å². The minimum atomic E-state index is -0.423. The van der Waals surface area contributed by atoms with Crippen molar-refractivity contribution >= 4 is 11.6 Å². The van der Waals surface area contributed by atoms with E-state index < -0.39 is 5.91 Å². The second-order valence-electron chi connectivity index (χ2n) is 4.42. The lowest BCUT2D eigenvalue weighted by Crippen LogP contribution is -2.10. The van der Waals surface area contributed by atoms with Crippen LogP contribution in [0.3, 0.4) is 0 Å². The number of amides is 1. The molecule has 0 heterocycles. The molecule has 98 valence electrons. The number of phenols is 1. The third-order valence-electron chi connectivity index (χ3n) is 2.93. The van der Waals surface area contributed by atoms with Gasteiger partial charge in [-0.05, 0) is 48.4 Å². The van der Waals surface area contributed by atoms with Gasteiger partial charge in [0.25, 0.3) is 0 Å². The lowest BCUT2D eigenvalue weighted by Gasteiger charge is -2.08. The summed E-state index contributed by atoms with van der Waals surface area (Å²) < 4.78 is 0. The van der Waals surface area contributed by atoms with Crippen LogP contribution in [0.2, 0.25) is 0 Å². The lowest BCUT2D eigenvalue weighted by atomic mass is 10.1. The molecule has 0 radical (unpaired) electrons. The Bertz CT molecular complexity index is 592. The summed E-state index contributed by atoms with van der Waals surface area (Å²) in [7, 11) is 0. The first-order valence-electron chi connectivity index (χ1n) is 5.98. The number of rotatable bonds is 4. The van der Waals surface area contributed by atoms with Crippen LogP contribution in [0.15, 0.2) is 42.5 Å². The Kier molecular flexibility index (Phi) is 3.71. The summed E-state index contributed by atoms with van der Waals surface area (Å²) in [5.74, 6) is -0.134. The van der Waals surface area contributed by atoms with E-state index in [0.29, 0.717) is 12.1 Å². The van der Waals surface area contributed by atoms with Gasteiger partial charge in [-0.25, -0.2) is 0 Å². The highest BCUT2D eigenvalue weighted by atomic mass is 16.3. The molecule has 1 amide bonds. The molecule has 4 heteroatoms. The smallest absolute Gasteiger partial charge is 0.248 e. The molecule has 0 aromatic heterocycles. The first-order chi connectivity index (χ1) is 9.06. The van der Waals surface area contributed by atoms with E-state index in [2.05, 4.69) is 5.32 Å². The minimum absolute atomic E-state index is 0.288. The van der Waals surface area contributed by atoms with Crippen molar-refractivity contribution in [2.75, 3.05) is 5.32 Å². The molecule has 0 aliphatic heterocycles. The number of benzene rings is 2. The number of carbonyl (C=O) groups excluding carboxylic acids is 1. The number of phenolic OH excluding ortho intramolecular Hbond substituents is 1. The fraction of sp³-hybridized carbons (Fsp3) is 0.133. The van der Waals surface area contributed by atoms with Gasteiger partial charge in [0, 0.05) is 17.8 Å². The van der Waals surface area contributed by atoms with Gasteiger partial charge in [0.15, 0.2) is 0 Å². The van der Waals surface area contributed by atoms with E-state index in [1.807, 2.05) is 31.2 Å². The van der Waals surface area contributed by atoms with E-state index in [0.717, 1.165) is 16.8 Å². The molecule has 2 rings (SSSR count). The number of nitrogens with two attached hydrogens (primary N) is 1. The van der Waals surface area contributed by atoms with E-state index in [1.165, 1.54) is 0 Å². The van der Waals surface area contributed by atoms with Gasteiger partial charge in [0.05, 0.1) is 0 Å². The average molecular weight is 256 g/mol. The standard InChI is InChI=1S/C15H16N2O2/c1-10-8-13(6-7-14(10)18)17-9-11-2-4-12(5-3-11)15(16)19/h2-8,17-18H,9H2,1H3,(H2,16,19). The normalized spacial score (nSPS) is 10.2. The number of hydrogen-bond donors (Lipinski definition) is 3. The number of hydrogen-bond acceptors (Lipinski definition) is 3. The van der Waals surface area contributed by atoms with E-state index >= 15 is 0 Å². The molecule has 0 unspecified atom stereocenters. The minimum Gasteiger partial charge on any atom is -0.508 e. The summed E-state index contributed by atoms with van der Waals surface area (Å²) in [6.07, 6.45) is 0. The lowest BCUT2D eigenvalue weighted by molar-refractivity contribution is 0.100. The van der Waals surface area contributed by atoms with E-state index in [4.69, 9.17) is 5.73 Å². The molecule has 19 heavy (non-hydrogen) atoms. The first kappa shape index (κ1) is 13.0. The quantitative estimate of drug-likeness (QED) is 0.735. The van der Waals surface area contributed by atoms with Crippen molar-refractivity contribution in [2.24, 2.45) is 5.73 Å². The van der Waals surface area contributed by atoms with Gasteiger partial charge in [0.1, 0.15) is 5.75 Å². The highest BCUT2D eigenvalue weighted by Crippen LogP contribution is 2.20. The highest BCUT2D eigenvalue weighted by Gasteiger charge is 2.01. The topological polar surface area (TPSA) is 75.3 Å². The Morgan fingerprint density at radius 1 is 1.21 bits per heavy atom. The van der Waals surface area contributed by atoms with Crippen LogP contribution < -0.4 is 11.1 Å². The monoisotopic (exact) mass is 256 g/mol. The molecule has 0 fully saturated rings. The van der Waals surface area contributed by atoms with Crippen molar-refractivity contribution < 1.29 is 9.90 Å². The number of primary amides is 1. The van der Waals surface area contributed by atoms with Crippen LogP contribution in [0.1, 0.15) is 21.5 Å². The van der Waals surface area contributed by atoms with Gasteiger partial charge in [-0.15, -0.1) is 0 Å². The average Bonchev–Trinajstić information content (AvgIpc) is 2.40. The van der Waals surface area contributed by atoms with E-state index in [-0.39, 0.29) is 5.75 Å². The zero-order chi connectivity index (χ0) is 13.8. The van der Waals surface area contributed by atoms with Crippen molar-refractivity contribution in [2.45, 2.75) is 13.5 Å². The molecule has 2 aromatic rings. The summed E-state index contributed by atoms with van der Waals surface area (Å²) in [5, 5.41) is 12.7. The van der Waals surface area contributed by atoms with Gasteiger partial charge >= 0.3 is 0 Å². The van der Waals surface area contributed by atoms with Gasteiger partial charge in [0.2, 0.25) is 5.91 Å². The van der Waals surface area contributed by atoms with Crippen LogP contribution in [-0.4, -0.2) is 11.0 Å². The maximum absolute atomic E-state index is 10.9. The second-order valence-corrected chi connectivity index (χ2v) is 4.42. The fourth-order valence-electron chi connectivity index (χ4n) is 1.76. The second kappa shape index (κ2) is 5.44. The predicted octanol–water partition coefficient (Wildman–Crippen LogP) is 2.41. The van der Waals surface area contributed by atoms with Crippen LogP contribution in [0.25, 0.3) is 0 Å². The molecule has 0 aliphatic rings. The predicted molar refractivity (Wildman–Crippen MR) is 75.1 cm³/mol. The molecule has 0 spiro atoms. The maximum atomic E-state index is 10.9. The highest BCUT2D eigenvalue weighted by molar-refractivity contribution is 5.92. The van der Waals surface area contributed by atoms with Crippen molar-refractivity contribution in [1.29, 1.82) is 0 Å². The van der Waals surface area contributed by atoms with Crippen molar-refractivity contribution in [3.05, 3.63) is 59.2 Å². The maximum Gasteiger partial charge on any atom is 0.248 e. The molecular formula is C15H16N2O2. The fourth-order valence-corrected chi connectivity index (χ4v) is 1.76. The van der Waals surface area contributed by atoms with Crippen molar-refractivity contribution in [3.8, 4) is 5.75 Å². The van der Waals surface area contributed by atoms with Crippen LogP contribution in [0, 0.1) is 6.92 Å². The summed E-state index contributed by atoms with van der Waals surface area (Å²) in [5.41, 5.74) is 8.50. The Hall–Kier alpha value is -2.49. The first-order valence-corrected chi connectivity index (χ1v) is 5.98. The SMILES string of the molecule is Cc1cc(NCc2ccc(C(N)=O)cc2)ccc1O. The molecule has 0 saturated carbocycles. The summed E-state index contributed by atoms with van der Waals surface area (Å²) in [4.78, 5) is 10.9. The van der Waals surface area contributed by atoms with Crippen LogP contribution >= 0.6 is 0 Å². The summed E-state index contributed by atoms with van der Waals surface area (Å²) in [6.45, 7) is 2.49. The Morgan fingerprint density at radius 2 is 1.89 bits per heavy atom. The van der Waals surface area contributed by atoms with Crippen molar-refractivity contribution in [1.82, 2.24) is 0 Å². The van der Waals surface area contributed by atoms with Gasteiger partial charge in [-0.3, -0.25) is 4.79 Å². The molecule has 0 saturated heterocycles. The summed E-state index contributed by atoms with van der Waals surface area (Å²) >= 11 is 0. The molecule has 0 aliphatic carbocycles. The summed E-state index contributed by atoms with van der Waals surface area (Å²) in [6, 6.07) is 12.5. The number of nitrogens with one attached hydrogen (secondary N) is 1. The number of aromatic hydroxyl groups is 1. The van der Waals surface area contributed by atoms with E-state index in [9.17, 15) is 9.90 Å². The number of carbonyl (C=O) groups is 1. The molecule has 2 aromatic carbocycles. The molecule has 4 N–H and O–H groups in total. The zero-order valence-corrected chi connectivity index (χ0v) is 10.7. The number of aryl methyl sites for hydroxylation is 1. The molecular weight excluding hydrogens is 240 g/mol. The molecule has 4 nitrogen and oxygen atoms in total. The Balaban J connectivity index is 2.01. The molecule has 0 bridgehead atoms. The van der Waals surface area contributed by atoms with Crippen molar-refractivity contribution in [3.63, 3.8) is 0 Å². The number of anilines is 1. The van der Waals surface area contributed by atoms with Crippen LogP contribution in [-0.2, 0) is 6.54 Å². The Morgan fingerprint density at radius 3 is 2.47 bits per heavy atom. The van der Waals surface area contributed by atoms with Gasteiger partial charge in [-0.2, -0.15) is 0 Å². The van der Waals surface area contributed by atoms with Crippen LogP contribution in [0.4, 0.5) is 5.69 Å². The van der Waals surface area contributed by atoms with E-state index in [1.54, 1.807) is 18.2 Å². The third kappa shape index (κ3) is 3.25. The largest absolute Gasteiger partial charge is 0.508 e. The van der Waals surface area contributed by atoms with Gasteiger partial charge < -0.3 is 16.2 Å². The zero-order valence-electron chi connectivity index (χ0n) is 10.7. The molecule has 0 atom stereocenters. The third-order valence-corrected chi connectivity index (χ3v) is 2.93. The van der Waals surface area contributed by atoms with Gasteiger partial charge in [-0.1, -0.05) is 12.1 Å². The Labute approximate surface area is 111 Å².